The van der Waals surface area contributed by atoms with Crippen LogP contribution in [0.4, 0.5) is 5.13 Å². The number of halogens is 1. The van der Waals surface area contributed by atoms with Crippen LogP contribution in [0.3, 0.4) is 0 Å². The van der Waals surface area contributed by atoms with Gasteiger partial charge in [0, 0.05) is 15.4 Å². The highest BCUT2D eigenvalue weighted by molar-refractivity contribution is 9.10. The van der Waals surface area contributed by atoms with Crippen LogP contribution in [0.5, 0.6) is 0 Å². The topological polar surface area (TPSA) is 68.3 Å². The van der Waals surface area contributed by atoms with E-state index in [1.165, 1.54) is 18.4 Å². The zero-order valence-electron chi connectivity index (χ0n) is 11.5. The lowest BCUT2D eigenvalue weighted by molar-refractivity contribution is -0.139. The van der Waals surface area contributed by atoms with E-state index in [0.717, 1.165) is 10.0 Å². The number of carbonyl (C=O) groups excluding carboxylic acids is 2. The van der Waals surface area contributed by atoms with Crippen LogP contribution in [0.15, 0.2) is 28.1 Å². The Hall–Kier alpha value is -1.73. The van der Waals surface area contributed by atoms with Gasteiger partial charge in [-0.25, -0.2) is 4.98 Å². The Morgan fingerprint density at radius 2 is 2.19 bits per heavy atom. The summed E-state index contributed by atoms with van der Waals surface area (Å²) >= 11 is 4.66. The van der Waals surface area contributed by atoms with Crippen molar-refractivity contribution < 1.29 is 14.3 Å². The van der Waals surface area contributed by atoms with Crippen molar-refractivity contribution in [1.29, 1.82) is 0 Å². The number of aryl methyl sites for hydroxylation is 1. The third kappa shape index (κ3) is 4.12. The molecule has 7 heteroatoms. The highest BCUT2D eigenvalue weighted by atomic mass is 79.9. The molecule has 21 heavy (non-hydrogen) atoms. The van der Waals surface area contributed by atoms with E-state index in [1.54, 1.807) is 17.5 Å². The molecule has 2 rings (SSSR count). The zero-order valence-corrected chi connectivity index (χ0v) is 13.9. The molecule has 0 aliphatic heterocycles. The molecule has 0 fully saturated rings. The quantitative estimate of drug-likeness (QED) is 0.841. The molecule has 0 saturated carbocycles. The molecule has 0 atom stereocenters. The number of nitrogens with zero attached hydrogens (tertiary/aromatic N) is 1. The summed E-state index contributed by atoms with van der Waals surface area (Å²) < 4.78 is 5.45. The predicted molar refractivity (Wildman–Crippen MR) is 84.7 cm³/mol. The molecule has 1 heterocycles. The Kier molecular flexibility index (Phi) is 5.08. The number of esters is 1. The molecule has 0 spiro atoms. The van der Waals surface area contributed by atoms with Crippen LogP contribution in [0.2, 0.25) is 0 Å². The Bertz CT molecular complexity index is 685. The molecule has 110 valence electrons. The number of hydrogen-bond donors (Lipinski definition) is 1. The number of aromatic nitrogens is 1. The minimum atomic E-state index is -0.361. The van der Waals surface area contributed by atoms with Gasteiger partial charge in [-0.3, -0.25) is 14.9 Å². The number of carbonyl (C=O) groups is 2. The average molecular weight is 369 g/mol. The third-order valence-electron chi connectivity index (χ3n) is 2.76. The van der Waals surface area contributed by atoms with Gasteiger partial charge < -0.3 is 4.74 Å². The van der Waals surface area contributed by atoms with E-state index in [0.29, 0.717) is 16.4 Å². The Balaban J connectivity index is 2.05. The van der Waals surface area contributed by atoms with Gasteiger partial charge in [0.25, 0.3) is 5.91 Å². The van der Waals surface area contributed by atoms with Crippen molar-refractivity contribution in [3.8, 4) is 0 Å². The number of benzene rings is 1. The maximum Gasteiger partial charge on any atom is 0.311 e. The Morgan fingerprint density at radius 1 is 1.43 bits per heavy atom. The lowest BCUT2D eigenvalue weighted by Crippen LogP contribution is -2.12. The first-order valence-corrected chi connectivity index (χ1v) is 7.75. The van der Waals surface area contributed by atoms with Gasteiger partial charge in [0.2, 0.25) is 0 Å². The molecule has 1 aromatic carbocycles. The summed E-state index contributed by atoms with van der Waals surface area (Å²) in [5, 5.41) is 4.89. The van der Waals surface area contributed by atoms with E-state index >= 15 is 0 Å². The van der Waals surface area contributed by atoms with Crippen LogP contribution in [0, 0.1) is 6.92 Å². The molecule has 0 aliphatic carbocycles. The van der Waals surface area contributed by atoms with E-state index < -0.39 is 0 Å². The van der Waals surface area contributed by atoms with Crippen LogP contribution in [0.25, 0.3) is 0 Å². The molecule has 0 saturated heterocycles. The minimum Gasteiger partial charge on any atom is -0.469 e. The second kappa shape index (κ2) is 6.82. The third-order valence-corrected chi connectivity index (χ3v) is 4.42. The number of amides is 1. The number of ether oxygens (including phenoxy) is 1. The number of rotatable bonds is 4. The van der Waals surface area contributed by atoms with E-state index in [4.69, 9.17) is 0 Å². The van der Waals surface area contributed by atoms with Crippen molar-refractivity contribution in [2.75, 3.05) is 12.4 Å². The first kappa shape index (κ1) is 15.7. The summed E-state index contributed by atoms with van der Waals surface area (Å²) in [7, 11) is 1.33. The van der Waals surface area contributed by atoms with Crippen molar-refractivity contribution in [2.45, 2.75) is 13.3 Å². The van der Waals surface area contributed by atoms with Gasteiger partial charge in [-0.15, -0.1) is 11.3 Å². The summed E-state index contributed by atoms with van der Waals surface area (Å²) in [6.45, 7) is 1.95. The van der Waals surface area contributed by atoms with Gasteiger partial charge in [0.05, 0.1) is 19.2 Å². The number of anilines is 1. The van der Waals surface area contributed by atoms with Crippen molar-refractivity contribution in [2.24, 2.45) is 0 Å². The van der Waals surface area contributed by atoms with E-state index in [1.807, 2.05) is 13.0 Å². The molecule has 5 nitrogen and oxygen atoms in total. The highest BCUT2D eigenvalue weighted by Crippen LogP contribution is 2.20. The maximum absolute atomic E-state index is 12.1. The van der Waals surface area contributed by atoms with Gasteiger partial charge in [-0.05, 0) is 24.6 Å². The fourth-order valence-corrected chi connectivity index (χ4v) is 2.65. The summed E-state index contributed by atoms with van der Waals surface area (Å²) in [5.74, 6) is -0.602. The lowest BCUT2D eigenvalue weighted by Gasteiger charge is -2.04. The first-order valence-electron chi connectivity index (χ1n) is 6.08. The summed E-state index contributed by atoms with van der Waals surface area (Å²) in [6.07, 6.45) is 0.0962. The molecule has 0 bridgehead atoms. The lowest BCUT2D eigenvalue weighted by atomic mass is 10.1. The molecule has 1 amide bonds. The van der Waals surface area contributed by atoms with E-state index in [9.17, 15) is 9.59 Å². The van der Waals surface area contributed by atoms with Crippen LogP contribution in [-0.2, 0) is 16.0 Å². The highest BCUT2D eigenvalue weighted by Gasteiger charge is 2.12. The molecule has 1 N–H and O–H groups in total. The first-order chi connectivity index (χ1) is 9.99. The Labute approximate surface area is 134 Å². The van der Waals surface area contributed by atoms with E-state index in [2.05, 4.69) is 31.0 Å². The van der Waals surface area contributed by atoms with Crippen molar-refractivity contribution in [3.63, 3.8) is 0 Å². The molecular weight excluding hydrogens is 356 g/mol. The molecule has 0 unspecified atom stereocenters. The SMILES string of the molecule is COC(=O)Cc1csc(NC(=O)c2ccc(C)c(Br)c2)n1. The standard InChI is InChI=1S/C14H13BrN2O3S/c1-8-3-4-9(5-11(8)15)13(19)17-14-16-10(7-21-14)6-12(18)20-2/h3-5,7H,6H2,1-2H3,(H,16,17,19). The maximum atomic E-state index is 12.1. The summed E-state index contributed by atoms with van der Waals surface area (Å²) in [4.78, 5) is 27.4. The Morgan fingerprint density at radius 3 is 2.86 bits per heavy atom. The molecule has 2 aromatic rings. The number of methoxy groups -OCH3 is 1. The fourth-order valence-electron chi connectivity index (χ4n) is 1.57. The van der Waals surface area contributed by atoms with E-state index in [-0.39, 0.29) is 18.3 Å². The van der Waals surface area contributed by atoms with Crippen LogP contribution in [0.1, 0.15) is 21.6 Å². The van der Waals surface area contributed by atoms with Crippen molar-refractivity contribution in [1.82, 2.24) is 4.98 Å². The van der Waals surface area contributed by atoms with Crippen LogP contribution >= 0.6 is 27.3 Å². The normalized spacial score (nSPS) is 10.2. The smallest absolute Gasteiger partial charge is 0.311 e. The zero-order chi connectivity index (χ0) is 15.4. The molecule has 1 aromatic heterocycles. The second-order valence-corrected chi connectivity index (χ2v) is 6.03. The monoisotopic (exact) mass is 368 g/mol. The summed E-state index contributed by atoms with van der Waals surface area (Å²) in [5.41, 5.74) is 2.17. The predicted octanol–water partition coefficient (Wildman–Crippen LogP) is 3.18. The fraction of sp³-hybridized carbons (Fsp3) is 0.214. The van der Waals surface area contributed by atoms with Gasteiger partial charge in [-0.2, -0.15) is 0 Å². The number of nitrogens with one attached hydrogen (secondary N) is 1. The molecule has 0 aliphatic rings. The van der Waals surface area contributed by atoms with Gasteiger partial charge in [-0.1, -0.05) is 22.0 Å². The van der Waals surface area contributed by atoms with Gasteiger partial charge >= 0.3 is 5.97 Å². The second-order valence-electron chi connectivity index (χ2n) is 4.31. The largest absolute Gasteiger partial charge is 0.469 e. The van der Waals surface area contributed by atoms with Crippen LogP contribution < -0.4 is 5.32 Å². The van der Waals surface area contributed by atoms with Gasteiger partial charge in [0.1, 0.15) is 0 Å². The van der Waals surface area contributed by atoms with Crippen molar-refractivity contribution in [3.05, 3.63) is 44.9 Å². The minimum absolute atomic E-state index is 0.0962. The summed E-state index contributed by atoms with van der Waals surface area (Å²) in [6, 6.07) is 5.37. The number of thiazole rings is 1. The number of hydrogen-bond acceptors (Lipinski definition) is 5. The van der Waals surface area contributed by atoms with Crippen LogP contribution in [-0.4, -0.2) is 24.0 Å². The molecular formula is C14H13BrN2O3S. The average Bonchev–Trinajstić information content (AvgIpc) is 2.88. The molecule has 0 radical (unpaired) electrons. The van der Waals surface area contributed by atoms with Gasteiger partial charge in [0.15, 0.2) is 5.13 Å². The van der Waals surface area contributed by atoms with Crippen molar-refractivity contribution >= 4 is 44.3 Å².